The second-order valence-electron chi connectivity index (χ2n) is 7.78. The summed E-state index contributed by atoms with van der Waals surface area (Å²) in [7, 11) is 0. The molecular weight excluding hydrogens is 250 g/mol. The molecule has 0 amide bonds. The lowest BCUT2D eigenvalue weighted by atomic mass is 9.76. The lowest BCUT2D eigenvalue weighted by Gasteiger charge is -2.47. The maximum atomic E-state index is 11.0. The van der Waals surface area contributed by atoms with Gasteiger partial charge < -0.3 is 9.84 Å². The Labute approximate surface area is 123 Å². The van der Waals surface area contributed by atoms with Gasteiger partial charge in [-0.3, -0.25) is 4.90 Å². The minimum atomic E-state index is -0.220. The van der Waals surface area contributed by atoms with Gasteiger partial charge in [-0.2, -0.15) is 0 Å². The maximum Gasteiger partial charge on any atom is 0.0748 e. The van der Waals surface area contributed by atoms with E-state index in [2.05, 4.69) is 18.7 Å². The highest BCUT2D eigenvalue weighted by molar-refractivity contribution is 4.99. The van der Waals surface area contributed by atoms with Crippen LogP contribution in [0, 0.1) is 5.92 Å². The molecule has 3 nitrogen and oxygen atoms in total. The van der Waals surface area contributed by atoms with E-state index >= 15 is 0 Å². The van der Waals surface area contributed by atoms with Crippen molar-refractivity contribution >= 4 is 0 Å². The third-order valence-electron chi connectivity index (χ3n) is 6.14. The molecule has 3 heteroatoms. The Morgan fingerprint density at radius 1 is 1.15 bits per heavy atom. The molecule has 3 fully saturated rings. The van der Waals surface area contributed by atoms with Crippen LogP contribution in [0.25, 0.3) is 0 Å². The molecule has 1 N–H and O–H groups in total. The van der Waals surface area contributed by atoms with Crippen molar-refractivity contribution in [3.8, 4) is 0 Å². The van der Waals surface area contributed by atoms with E-state index in [1.165, 1.54) is 38.5 Å². The van der Waals surface area contributed by atoms with E-state index in [1.807, 2.05) is 0 Å². The van der Waals surface area contributed by atoms with Crippen LogP contribution in [0.2, 0.25) is 0 Å². The first-order chi connectivity index (χ1) is 9.54. The topological polar surface area (TPSA) is 32.7 Å². The number of nitrogens with zero attached hydrogens (tertiary/aromatic N) is 1. The highest BCUT2D eigenvalue weighted by Gasteiger charge is 2.46. The van der Waals surface area contributed by atoms with E-state index in [1.54, 1.807) is 0 Å². The summed E-state index contributed by atoms with van der Waals surface area (Å²) in [5.74, 6) is 0.414. The summed E-state index contributed by atoms with van der Waals surface area (Å²) in [5, 5.41) is 11.0. The Hall–Kier alpha value is -0.120. The van der Waals surface area contributed by atoms with Gasteiger partial charge in [0, 0.05) is 12.1 Å². The maximum absolute atomic E-state index is 11.0. The summed E-state index contributed by atoms with van der Waals surface area (Å²) < 4.78 is 6.12. The fourth-order valence-corrected chi connectivity index (χ4v) is 4.76. The first kappa shape index (κ1) is 14.8. The molecule has 0 radical (unpaired) electrons. The van der Waals surface area contributed by atoms with Gasteiger partial charge in [-0.15, -0.1) is 0 Å². The third-order valence-corrected chi connectivity index (χ3v) is 6.14. The zero-order valence-corrected chi connectivity index (χ0v) is 13.2. The molecule has 1 aliphatic carbocycles. The Morgan fingerprint density at radius 2 is 1.80 bits per heavy atom. The Kier molecular flexibility index (Phi) is 4.13. The third kappa shape index (κ3) is 2.65. The van der Waals surface area contributed by atoms with Crippen LogP contribution in [-0.4, -0.2) is 46.9 Å². The molecule has 2 heterocycles. The minimum absolute atomic E-state index is 0.0850. The number of rotatable bonds is 3. The van der Waals surface area contributed by atoms with Gasteiger partial charge in [0.15, 0.2) is 0 Å². The molecule has 0 aromatic carbocycles. The van der Waals surface area contributed by atoms with Crippen molar-refractivity contribution in [1.82, 2.24) is 4.90 Å². The van der Waals surface area contributed by atoms with Crippen molar-refractivity contribution in [3.05, 3.63) is 0 Å². The highest BCUT2D eigenvalue weighted by Crippen LogP contribution is 2.44. The van der Waals surface area contributed by atoms with Crippen molar-refractivity contribution in [3.63, 3.8) is 0 Å². The van der Waals surface area contributed by atoms with E-state index in [4.69, 9.17) is 4.74 Å². The fourth-order valence-electron chi connectivity index (χ4n) is 4.76. The lowest BCUT2D eigenvalue weighted by Crippen LogP contribution is -2.56. The van der Waals surface area contributed by atoms with Gasteiger partial charge in [-0.25, -0.2) is 0 Å². The molecule has 0 aromatic heterocycles. The molecule has 3 rings (SSSR count). The van der Waals surface area contributed by atoms with Crippen LogP contribution < -0.4 is 0 Å². The standard InChI is InChI=1S/C17H31NO2/c1-16(2,18-10-5-6-11-18)15(19)14-7-12-20-17(13-14)8-3-4-9-17/h14-15,19H,3-13H2,1-2H3. The van der Waals surface area contributed by atoms with Gasteiger partial charge in [0.1, 0.15) is 0 Å². The van der Waals surface area contributed by atoms with E-state index in [0.29, 0.717) is 5.92 Å². The van der Waals surface area contributed by atoms with Crippen LogP contribution in [0.1, 0.15) is 65.2 Å². The van der Waals surface area contributed by atoms with Crippen LogP contribution >= 0.6 is 0 Å². The summed E-state index contributed by atoms with van der Waals surface area (Å²) >= 11 is 0. The molecular formula is C17H31NO2. The van der Waals surface area contributed by atoms with Gasteiger partial charge in [-0.1, -0.05) is 12.8 Å². The zero-order valence-electron chi connectivity index (χ0n) is 13.2. The lowest BCUT2D eigenvalue weighted by molar-refractivity contribution is -0.132. The molecule has 2 saturated heterocycles. The van der Waals surface area contributed by atoms with Crippen molar-refractivity contribution in [2.24, 2.45) is 5.92 Å². The number of aliphatic hydroxyl groups is 1. The predicted octanol–water partition coefficient (Wildman–Crippen LogP) is 2.96. The molecule has 2 atom stereocenters. The summed E-state index contributed by atoms with van der Waals surface area (Å²) in [5.41, 5.74) is 0.0310. The average molecular weight is 281 g/mol. The van der Waals surface area contributed by atoms with Crippen molar-refractivity contribution < 1.29 is 9.84 Å². The quantitative estimate of drug-likeness (QED) is 0.863. The number of hydrogen-bond acceptors (Lipinski definition) is 3. The normalized spacial score (nSPS) is 32.9. The van der Waals surface area contributed by atoms with Gasteiger partial charge in [0.2, 0.25) is 0 Å². The summed E-state index contributed by atoms with van der Waals surface area (Å²) in [6.07, 6.45) is 9.48. The van der Waals surface area contributed by atoms with Gasteiger partial charge >= 0.3 is 0 Å². The predicted molar refractivity (Wildman–Crippen MR) is 80.8 cm³/mol. The molecule has 2 aliphatic heterocycles. The molecule has 1 saturated carbocycles. The molecule has 0 bridgehead atoms. The van der Waals surface area contributed by atoms with Crippen molar-refractivity contribution in [2.45, 2.75) is 82.5 Å². The van der Waals surface area contributed by atoms with Crippen LogP contribution in [0.3, 0.4) is 0 Å². The van der Waals surface area contributed by atoms with Crippen LogP contribution in [-0.2, 0) is 4.74 Å². The second kappa shape index (κ2) is 5.58. The van der Waals surface area contributed by atoms with E-state index in [0.717, 1.165) is 32.5 Å². The number of hydrogen-bond donors (Lipinski definition) is 1. The summed E-state index contributed by atoms with van der Waals surface area (Å²) in [6.45, 7) is 7.62. The first-order valence-electron chi connectivity index (χ1n) is 8.61. The molecule has 20 heavy (non-hydrogen) atoms. The first-order valence-corrected chi connectivity index (χ1v) is 8.61. The fraction of sp³-hybridized carbons (Fsp3) is 1.00. The van der Waals surface area contributed by atoms with E-state index < -0.39 is 0 Å². The average Bonchev–Trinajstić information content (AvgIpc) is 3.10. The van der Waals surface area contributed by atoms with Gasteiger partial charge in [0.05, 0.1) is 11.7 Å². The van der Waals surface area contributed by atoms with Crippen molar-refractivity contribution in [2.75, 3.05) is 19.7 Å². The minimum Gasteiger partial charge on any atom is -0.391 e. The zero-order chi connectivity index (χ0) is 14.2. The van der Waals surface area contributed by atoms with E-state index in [9.17, 15) is 5.11 Å². The molecule has 3 aliphatic rings. The second-order valence-corrected chi connectivity index (χ2v) is 7.78. The molecule has 116 valence electrons. The molecule has 0 aromatic rings. The summed E-state index contributed by atoms with van der Waals surface area (Å²) in [6, 6.07) is 0. The van der Waals surface area contributed by atoms with E-state index in [-0.39, 0.29) is 17.2 Å². The van der Waals surface area contributed by atoms with Crippen LogP contribution in [0.4, 0.5) is 0 Å². The largest absolute Gasteiger partial charge is 0.391 e. The van der Waals surface area contributed by atoms with Crippen LogP contribution in [0.5, 0.6) is 0 Å². The number of likely N-dealkylation sites (tertiary alicyclic amines) is 1. The molecule has 1 spiro atoms. The SMILES string of the molecule is CC(C)(C(O)C1CCOC2(CCCC2)C1)N1CCCC1. The number of ether oxygens (including phenoxy) is 1. The Balaban J connectivity index is 1.67. The van der Waals surface area contributed by atoms with Gasteiger partial charge in [0.25, 0.3) is 0 Å². The Bertz CT molecular complexity index is 330. The highest BCUT2D eigenvalue weighted by atomic mass is 16.5. The summed E-state index contributed by atoms with van der Waals surface area (Å²) in [4.78, 5) is 2.49. The smallest absolute Gasteiger partial charge is 0.0748 e. The van der Waals surface area contributed by atoms with Crippen molar-refractivity contribution in [1.29, 1.82) is 0 Å². The monoisotopic (exact) mass is 281 g/mol. The Morgan fingerprint density at radius 3 is 2.45 bits per heavy atom. The molecule has 2 unspecified atom stereocenters. The number of aliphatic hydroxyl groups excluding tert-OH is 1. The van der Waals surface area contributed by atoms with Gasteiger partial charge in [-0.05, 0) is 71.4 Å². The van der Waals surface area contributed by atoms with Crippen LogP contribution in [0.15, 0.2) is 0 Å².